The molecule has 5 heteroatoms. The molecule has 1 aromatic heterocycles. The minimum absolute atomic E-state index is 0.300. The highest BCUT2D eigenvalue weighted by Gasteiger charge is 2.17. The quantitative estimate of drug-likeness (QED) is 0.756. The van der Waals surface area contributed by atoms with E-state index in [0.29, 0.717) is 13.5 Å². The summed E-state index contributed by atoms with van der Waals surface area (Å²) in [6, 6.07) is 6.21. The van der Waals surface area contributed by atoms with Gasteiger partial charge in [-0.1, -0.05) is 17.7 Å². The fourth-order valence-electron chi connectivity index (χ4n) is 1.49. The molecular weight excluding hydrogens is 374 g/mol. The van der Waals surface area contributed by atoms with Crippen molar-refractivity contribution in [2.45, 2.75) is 13.0 Å². The number of benzene rings is 1. The monoisotopic (exact) mass is 382 g/mol. The molecule has 0 spiro atoms. The zero-order valence-electron chi connectivity index (χ0n) is 8.88. The average molecular weight is 383 g/mol. The number of halogens is 3. The Morgan fingerprint density at radius 3 is 2.65 bits per heavy atom. The summed E-state index contributed by atoms with van der Waals surface area (Å²) in [5.41, 5.74) is 1.65. The summed E-state index contributed by atoms with van der Waals surface area (Å²) in [6.07, 6.45) is -0.751. The first kappa shape index (κ1) is 13.3. The summed E-state index contributed by atoms with van der Waals surface area (Å²) >= 11 is 9.34. The lowest BCUT2D eigenvalue weighted by molar-refractivity contribution is 0.223. The molecule has 17 heavy (non-hydrogen) atoms. The maximum absolute atomic E-state index is 13.0. The van der Waals surface area contributed by atoms with E-state index in [0.717, 1.165) is 10.4 Å². The Labute approximate surface area is 121 Å². The third-order valence-corrected chi connectivity index (χ3v) is 4.94. The highest BCUT2D eigenvalue weighted by molar-refractivity contribution is 14.1. The molecule has 1 atom stereocenters. The number of thiophene rings is 1. The Bertz CT molecular complexity index is 536. The molecule has 0 fully saturated rings. The minimum Gasteiger partial charge on any atom is -0.383 e. The lowest BCUT2D eigenvalue weighted by Crippen LogP contribution is -2.00. The number of hydrogen-bond donors (Lipinski definition) is 1. The maximum Gasteiger partial charge on any atom is 0.124 e. The zero-order valence-corrected chi connectivity index (χ0v) is 12.6. The smallest absolute Gasteiger partial charge is 0.124 e. The maximum atomic E-state index is 13.0. The van der Waals surface area contributed by atoms with Crippen LogP contribution in [0.2, 0.25) is 4.34 Å². The van der Waals surface area contributed by atoms with Gasteiger partial charge in [-0.3, -0.25) is 0 Å². The van der Waals surface area contributed by atoms with E-state index in [1.807, 2.05) is 35.6 Å². The SMILES string of the molecule is Cc1cc(C(O)c2ccc(F)cc2I)sc1Cl. The lowest BCUT2D eigenvalue weighted by Gasteiger charge is -2.11. The van der Waals surface area contributed by atoms with Crippen molar-refractivity contribution < 1.29 is 9.50 Å². The number of aliphatic hydroxyl groups is 1. The Kier molecular flexibility index (Phi) is 4.07. The van der Waals surface area contributed by atoms with E-state index in [-0.39, 0.29) is 5.82 Å². The Morgan fingerprint density at radius 1 is 1.41 bits per heavy atom. The molecule has 1 heterocycles. The van der Waals surface area contributed by atoms with E-state index < -0.39 is 6.10 Å². The summed E-state index contributed by atoms with van der Waals surface area (Å²) in [4.78, 5) is 0.775. The van der Waals surface area contributed by atoms with Gasteiger partial charge in [-0.15, -0.1) is 11.3 Å². The standard InChI is InChI=1S/C12H9ClFIOS/c1-6-4-10(17-12(6)13)11(16)8-3-2-7(14)5-9(8)15/h2-5,11,16H,1H3. The number of rotatable bonds is 2. The van der Waals surface area contributed by atoms with Crippen molar-refractivity contribution in [1.29, 1.82) is 0 Å². The van der Waals surface area contributed by atoms with E-state index in [9.17, 15) is 9.50 Å². The highest BCUT2D eigenvalue weighted by Crippen LogP contribution is 2.35. The molecule has 0 aliphatic carbocycles. The second kappa shape index (κ2) is 5.22. The summed E-state index contributed by atoms with van der Waals surface area (Å²) in [7, 11) is 0. The van der Waals surface area contributed by atoms with Crippen molar-refractivity contribution in [3.8, 4) is 0 Å². The highest BCUT2D eigenvalue weighted by atomic mass is 127. The predicted octanol–water partition coefficient (Wildman–Crippen LogP) is 4.54. The van der Waals surface area contributed by atoms with E-state index in [1.165, 1.54) is 23.5 Å². The van der Waals surface area contributed by atoms with Crippen LogP contribution < -0.4 is 0 Å². The van der Waals surface area contributed by atoms with Crippen LogP contribution in [0.25, 0.3) is 0 Å². The zero-order chi connectivity index (χ0) is 12.6. The average Bonchev–Trinajstić information content (AvgIpc) is 2.58. The first-order valence-electron chi connectivity index (χ1n) is 4.88. The molecule has 1 N–H and O–H groups in total. The molecule has 0 saturated heterocycles. The predicted molar refractivity (Wildman–Crippen MR) is 77.2 cm³/mol. The van der Waals surface area contributed by atoms with Crippen molar-refractivity contribution in [1.82, 2.24) is 0 Å². The van der Waals surface area contributed by atoms with Gasteiger partial charge in [-0.05, 0) is 58.8 Å². The topological polar surface area (TPSA) is 20.2 Å². The molecule has 0 bridgehead atoms. The van der Waals surface area contributed by atoms with Gasteiger partial charge in [0.25, 0.3) is 0 Å². The van der Waals surface area contributed by atoms with Crippen LogP contribution in [0, 0.1) is 16.3 Å². The van der Waals surface area contributed by atoms with Crippen molar-refractivity contribution in [2.75, 3.05) is 0 Å². The Balaban J connectivity index is 2.39. The van der Waals surface area contributed by atoms with Crippen LogP contribution in [0.1, 0.15) is 22.1 Å². The van der Waals surface area contributed by atoms with E-state index in [1.54, 1.807) is 6.07 Å². The molecule has 1 unspecified atom stereocenters. The molecule has 0 amide bonds. The van der Waals surface area contributed by atoms with Crippen molar-refractivity contribution in [3.63, 3.8) is 0 Å². The van der Waals surface area contributed by atoms with Crippen molar-refractivity contribution >= 4 is 45.5 Å². The van der Waals surface area contributed by atoms with Gasteiger partial charge in [0.15, 0.2) is 0 Å². The number of hydrogen-bond acceptors (Lipinski definition) is 2. The summed E-state index contributed by atoms with van der Waals surface area (Å²) < 4.78 is 14.4. The largest absolute Gasteiger partial charge is 0.383 e. The first-order chi connectivity index (χ1) is 7.99. The normalized spacial score (nSPS) is 12.8. The van der Waals surface area contributed by atoms with Gasteiger partial charge >= 0.3 is 0 Å². The van der Waals surface area contributed by atoms with Crippen LogP contribution in [0.5, 0.6) is 0 Å². The van der Waals surface area contributed by atoms with E-state index >= 15 is 0 Å². The molecule has 1 nitrogen and oxygen atoms in total. The van der Waals surface area contributed by atoms with E-state index in [2.05, 4.69) is 0 Å². The van der Waals surface area contributed by atoms with Crippen molar-refractivity contribution in [2.24, 2.45) is 0 Å². The van der Waals surface area contributed by atoms with E-state index in [4.69, 9.17) is 11.6 Å². The molecule has 90 valence electrons. The fourth-order valence-corrected chi connectivity index (χ4v) is 3.49. The van der Waals surface area contributed by atoms with Gasteiger partial charge in [0, 0.05) is 8.45 Å². The van der Waals surface area contributed by atoms with Crippen LogP contribution in [0.3, 0.4) is 0 Å². The summed E-state index contributed by atoms with van der Waals surface area (Å²) in [6.45, 7) is 1.89. The number of aryl methyl sites for hydroxylation is 1. The molecule has 0 aliphatic rings. The first-order valence-corrected chi connectivity index (χ1v) is 7.15. The molecule has 2 rings (SSSR count). The third kappa shape index (κ3) is 2.81. The minimum atomic E-state index is -0.751. The van der Waals surface area contributed by atoms with Crippen LogP contribution in [0.4, 0.5) is 4.39 Å². The van der Waals surface area contributed by atoms with Gasteiger partial charge in [-0.25, -0.2) is 4.39 Å². The molecule has 0 saturated carbocycles. The Hall–Kier alpha value is -0.170. The number of aliphatic hydroxyl groups excluding tert-OH is 1. The van der Waals surface area contributed by atoms with Gasteiger partial charge in [0.1, 0.15) is 11.9 Å². The van der Waals surface area contributed by atoms with Crippen LogP contribution in [0.15, 0.2) is 24.3 Å². The van der Waals surface area contributed by atoms with Crippen LogP contribution >= 0.6 is 45.5 Å². The second-order valence-electron chi connectivity index (χ2n) is 3.67. The summed E-state index contributed by atoms with van der Waals surface area (Å²) in [5.74, 6) is -0.300. The third-order valence-electron chi connectivity index (χ3n) is 2.40. The van der Waals surface area contributed by atoms with Gasteiger partial charge < -0.3 is 5.11 Å². The second-order valence-corrected chi connectivity index (χ2v) is 6.52. The molecule has 2 aromatic rings. The fraction of sp³-hybridized carbons (Fsp3) is 0.167. The van der Waals surface area contributed by atoms with Gasteiger partial charge in [0.2, 0.25) is 0 Å². The van der Waals surface area contributed by atoms with Gasteiger partial charge in [-0.2, -0.15) is 0 Å². The molecule has 0 radical (unpaired) electrons. The van der Waals surface area contributed by atoms with Crippen LogP contribution in [-0.2, 0) is 0 Å². The lowest BCUT2D eigenvalue weighted by atomic mass is 10.1. The van der Waals surface area contributed by atoms with Crippen molar-refractivity contribution in [3.05, 3.63) is 54.0 Å². The van der Waals surface area contributed by atoms with Gasteiger partial charge in [0.05, 0.1) is 4.34 Å². The molecule has 1 aromatic carbocycles. The summed E-state index contributed by atoms with van der Waals surface area (Å²) in [5, 5.41) is 10.2. The Morgan fingerprint density at radius 2 is 2.12 bits per heavy atom. The molecule has 0 aliphatic heterocycles. The molecular formula is C12H9ClFIOS. The van der Waals surface area contributed by atoms with Crippen LogP contribution in [-0.4, -0.2) is 5.11 Å².